The summed E-state index contributed by atoms with van der Waals surface area (Å²) < 4.78 is 46.0. The molecule has 134 valence electrons. The number of carbonyl (C=O) groups excluding carboxylic acids is 1. The topological polar surface area (TPSA) is 95.7 Å². The Bertz CT molecular complexity index is 821. The Kier molecular flexibility index (Phi) is 6.49. The van der Waals surface area contributed by atoms with E-state index in [1.165, 1.54) is 30.3 Å². The number of benzene rings is 2. The van der Waals surface area contributed by atoms with Crippen LogP contribution in [0.1, 0.15) is 12.0 Å². The Hall–Kier alpha value is -2.45. The maximum Gasteiger partial charge on any atom is 0.306 e. The zero-order valence-electron chi connectivity index (χ0n) is 13.4. The van der Waals surface area contributed by atoms with E-state index in [2.05, 4.69) is 0 Å². The summed E-state index contributed by atoms with van der Waals surface area (Å²) in [7, 11) is -3.74. The second kappa shape index (κ2) is 8.59. The summed E-state index contributed by atoms with van der Waals surface area (Å²) in [5.74, 6) is -0.368. The van der Waals surface area contributed by atoms with Crippen molar-refractivity contribution in [2.75, 3.05) is 13.2 Å². The number of sulfonamides is 1. The molecule has 0 aliphatic rings. The van der Waals surface area contributed by atoms with Crippen molar-refractivity contribution in [1.82, 2.24) is 0 Å². The van der Waals surface area contributed by atoms with Gasteiger partial charge in [0.15, 0.2) is 0 Å². The average Bonchev–Trinajstić information content (AvgIpc) is 2.57. The van der Waals surface area contributed by atoms with E-state index in [0.717, 1.165) is 0 Å². The highest BCUT2D eigenvalue weighted by Crippen LogP contribution is 2.14. The van der Waals surface area contributed by atoms with Gasteiger partial charge in [0, 0.05) is 6.42 Å². The standard InChI is InChI=1S/C17H18FNO5S/c18-16-4-2-1-3-13(16)5-10-17(20)24-12-11-23-14-6-8-15(9-7-14)25(19,21)22/h1-4,6-9H,5,10-12H2,(H2,19,21,22). The molecule has 8 heteroatoms. The van der Waals surface area contributed by atoms with Crippen molar-refractivity contribution in [2.45, 2.75) is 17.7 Å². The van der Waals surface area contributed by atoms with Crippen LogP contribution in [0.5, 0.6) is 5.75 Å². The average molecular weight is 367 g/mol. The lowest BCUT2D eigenvalue weighted by atomic mass is 10.1. The summed E-state index contributed by atoms with van der Waals surface area (Å²) in [6.45, 7) is 0.146. The van der Waals surface area contributed by atoms with E-state index in [9.17, 15) is 17.6 Å². The first-order valence-electron chi connectivity index (χ1n) is 7.51. The third-order valence-corrected chi connectivity index (χ3v) is 4.25. The molecule has 0 aromatic heterocycles. The SMILES string of the molecule is NS(=O)(=O)c1ccc(OCCOC(=O)CCc2ccccc2F)cc1. The summed E-state index contributed by atoms with van der Waals surface area (Å²) in [6.07, 6.45) is 0.339. The van der Waals surface area contributed by atoms with E-state index in [1.54, 1.807) is 18.2 Å². The van der Waals surface area contributed by atoms with Crippen LogP contribution >= 0.6 is 0 Å². The van der Waals surface area contributed by atoms with Crippen molar-refractivity contribution in [3.63, 3.8) is 0 Å². The minimum atomic E-state index is -3.74. The van der Waals surface area contributed by atoms with Gasteiger partial charge in [-0.1, -0.05) is 18.2 Å². The van der Waals surface area contributed by atoms with Crippen LogP contribution in [0, 0.1) is 5.82 Å². The maximum absolute atomic E-state index is 13.4. The number of rotatable bonds is 8. The summed E-state index contributed by atoms with van der Waals surface area (Å²) in [5, 5.41) is 4.99. The molecule has 0 atom stereocenters. The van der Waals surface area contributed by atoms with Crippen molar-refractivity contribution < 1.29 is 27.1 Å². The first-order chi connectivity index (χ1) is 11.9. The van der Waals surface area contributed by atoms with Gasteiger partial charge in [0.25, 0.3) is 0 Å². The first kappa shape index (κ1) is 18.9. The van der Waals surface area contributed by atoms with Gasteiger partial charge in [0.2, 0.25) is 10.0 Å². The van der Waals surface area contributed by atoms with E-state index < -0.39 is 16.0 Å². The largest absolute Gasteiger partial charge is 0.490 e. The molecule has 6 nitrogen and oxygen atoms in total. The second-order valence-corrected chi connectivity index (χ2v) is 6.74. The number of nitrogens with two attached hydrogens (primary N) is 1. The molecule has 0 heterocycles. The predicted octanol–water partition coefficient (Wildman–Crippen LogP) is 2.03. The van der Waals surface area contributed by atoms with Crippen LogP contribution in [0.25, 0.3) is 0 Å². The maximum atomic E-state index is 13.4. The zero-order chi connectivity index (χ0) is 18.3. The molecule has 0 fully saturated rings. The molecule has 2 aromatic rings. The number of carbonyl (C=O) groups is 1. The van der Waals surface area contributed by atoms with Crippen LogP contribution in [0.2, 0.25) is 0 Å². The van der Waals surface area contributed by atoms with Crippen LogP contribution in [-0.2, 0) is 26.0 Å². The molecule has 2 aromatic carbocycles. The molecular weight excluding hydrogens is 349 g/mol. The molecule has 0 unspecified atom stereocenters. The Morgan fingerprint density at radius 1 is 1.04 bits per heavy atom. The van der Waals surface area contributed by atoms with Gasteiger partial charge < -0.3 is 9.47 Å². The van der Waals surface area contributed by atoms with Crippen molar-refractivity contribution in [3.05, 3.63) is 59.9 Å². The van der Waals surface area contributed by atoms with Gasteiger partial charge in [0.1, 0.15) is 24.8 Å². The molecular formula is C17H18FNO5S. The second-order valence-electron chi connectivity index (χ2n) is 5.18. The van der Waals surface area contributed by atoms with E-state index in [4.69, 9.17) is 14.6 Å². The molecule has 2 N–H and O–H groups in total. The van der Waals surface area contributed by atoms with Gasteiger partial charge in [-0.25, -0.2) is 17.9 Å². The van der Waals surface area contributed by atoms with Crippen molar-refractivity contribution in [2.24, 2.45) is 5.14 Å². The monoisotopic (exact) mass is 367 g/mol. The summed E-state index contributed by atoms with van der Waals surface area (Å²) in [4.78, 5) is 11.6. The van der Waals surface area contributed by atoms with Gasteiger partial charge in [0.05, 0.1) is 4.90 Å². The quantitative estimate of drug-likeness (QED) is 0.569. The Morgan fingerprint density at radius 3 is 2.36 bits per heavy atom. The van der Waals surface area contributed by atoms with Crippen molar-refractivity contribution >= 4 is 16.0 Å². The fourth-order valence-electron chi connectivity index (χ4n) is 2.05. The van der Waals surface area contributed by atoms with Gasteiger partial charge in [-0.05, 0) is 42.3 Å². The lowest BCUT2D eigenvalue weighted by molar-refractivity contribution is -0.144. The predicted molar refractivity (Wildman–Crippen MR) is 89.0 cm³/mol. The highest BCUT2D eigenvalue weighted by Gasteiger charge is 2.08. The molecule has 0 radical (unpaired) electrons. The normalized spacial score (nSPS) is 11.1. The molecule has 0 spiro atoms. The zero-order valence-corrected chi connectivity index (χ0v) is 14.2. The Balaban J connectivity index is 1.69. The summed E-state index contributed by atoms with van der Waals surface area (Å²) in [6, 6.07) is 11.8. The minimum absolute atomic E-state index is 0.0144. The molecule has 0 bridgehead atoms. The van der Waals surface area contributed by atoms with Gasteiger partial charge in [-0.2, -0.15) is 0 Å². The van der Waals surface area contributed by atoms with Crippen LogP contribution < -0.4 is 9.88 Å². The molecule has 0 aliphatic carbocycles. The highest BCUT2D eigenvalue weighted by atomic mass is 32.2. The van der Waals surface area contributed by atoms with Gasteiger partial charge >= 0.3 is 5.97 Å². The third-order valence-electron chi connectivity index (χ3n) is 3.32. The van der Waals surface area contributed by atoms with E-state index in [-0.39, 0.29) is 36.8 Å². The molecule has 0 saturated carbocycles. The van der Waals surface area contributed by atoms with Gasteiger partial charge in [-0.15, -0.1) is 0 Å². The number of halogens is 1. The van der Waals surface area contributed by atoms with Crippen LogP contribution in [0.4, 0.5) is 4.39 Å². The first-order valence-corrected chi connectivity index (χ1v) is 9.05. The molecule has 25 heavy (non-hydrogen) atoms. The summed E-state index contributed by atoms with van der Waals surface area (Å²) in [5.41, 5.74) is 0.464. The number of ether oxygens (including phenoxy) is 2. The molecule has 0 amide bonds. The van der Waals surface area contributed by atoms with Crippen molar-refractivity contribution in [1.29, 1.82) is 0 Å². The smallest absolute Gasteiger partial charge is 0.306 e. The van der Waals surface area contributed by atoms with Crippen LogP contribution in [0.15, 0.2) is 53.4 Å². The van der Waals surface area contributed by atoms with E-state index in [1.807, 2.05) is 0 Å². The Labute approximate surface area is 145 Å². The van der Waals surface area contributed by atoms with E-state index >= 15 is 0 Å². The minimum Gasteiger partial charge on any atom is -0.490 e. The van der Waals surface area contributed by atoms with Crippen LogP contribution in [-0.4, -0.2) is 27.6 Å². The fraction of sp³-hybridized carbons (Fsp3) is 0.235. The number of aryl methyl sites for hydroxylation is 1. The van der Waals surface area contributed by atoms with Crippen molar-refractivity contribution in [3.8, 4) is 5.75 Å². The van der Waals surface area contributed by atoms with E-state index in [0.29, 0.717) is 11.3 Å². The van der Waals surface area contributed by atoms with Gasteiger partial charge in [-0.3, -0.25) is 4.79 Å². The summed E-state index contributed by atoms with van der Waals surface area (Å²) >= 11 is 0. The number of hydrogen-bond acceptors (Lipinski definition) is 5. The lowest BCUT2D eigenvalue weighted by Gasteiger charge is -2.08. The molecule has 0 aliphatic heterocycles. The lowest BCUT2D eigenvalue weighted by Crippen LogP contribution is -2.13. The fourth-order valence-corrected chi connectivity index (χ4v) is 2.57. The number of esters is 1. The molecule has 0 saturated heterocycles. The number of primary sulfonamides is 1. The van der Waals surface area contributed by atoms with Crippen LogP contribution in [0.3, 0.4) is 0 Å². The Morgan fingerprint density at radius 2 is 1.72 bits per heavy atom. The third kappa shape index (κ3) is 6.17. The molecule has 2 rings (SSSR count). The number of hydrogen-bond donors (Lipinski definition) is 1. The highest BCUT2D eigenvalue weighted by molar-refractivity contribution is 7.89.